The number of nitrogens with zero attached hydrogens (tertiary/aromatic N) is 1. The number of para-hydroxylation sites is 1. The topological polar surface area (TPSA) is 51.2 Å². The van der Waals surface area contributed by atoms with E-state index in [-0.39, 0.29) is 5.91 Å². The number of carbonyl (C=O) groups excluding carboxylic acids is 1. The average Bonchev–Trinajstić information content (AvgIpc) is 3.11. The zero-order chi connectivity index (χ0) is 16.9. The third-order valence-corrected chi connectivity index (χ3v) is 4.65. The van der Waals surface area contributed by atoms with Gasteiger partial charge in [-0.05, 0) is 30.2 Å². The number of rotatable bonds is 5. The summed E-state index contributed by atoms with van der Waals surface area (Å²) >= 11 is 1.43. The monoisotopic (exact) mass is 338 g/mol. The number of nitrogens with one attached hydrogen (secondary N) is 1. The molecule has 2 aromatic carbocycles. The van der Waals surface area contributed by atoms with E-state index in [0.29, 0.717) is 12.2 Å². The van der Waals surface area contributed by atoms with Gasteiger partial charge in [0, 0.05) is 11.9 Å². The Morgan fingerprint density at radius 3 is 2.71 bits per heavy atom. The van der Waals surface area contributed by atoms with Crippen molar-refractivity contribution in [3.05, 3.63) is 70.7 Å². The highest BCUT2D eigenvalue weighted by Gasteiger charge is 2.14. The van der Waals surface area contributed by atoms with Crippen molar-refractivity contribution in [2.45, 2.75) is 13.5 Å². The number of ether oxygens (including phenoxy) is 1. The highest BCUT2D eigenvalue weighted by Crippen LogP contribution is 2.31. The van der Waals surface area contributed by atoms with Crippen LogP contribution in [0.5, 0.6) is 5.75 Å². The number of carbonyl (C=O) groups is 1. The molecule has 0 aliphatic rings. The molecule has 0 aliphatic carbocycles. The summed E-state index contributed by atoms with van der Waals surface area (Å²) < 4.78 is 5.35. The molecule has 0 fully saturated rings. The van der Waals surface area contributed by atoms with Crippen LogP contribution < -0.4 is 10.1 Å². The van der Waals surface area contributed by atoms with Crippen molar-refractivity contribution >= 4 is 17.2 Å². The fraction of sp³-hybridized carbons (Fsp3) is 0.158. The second kappa shape index (κ2) is 7.27. The molecule has 1 heterocycles. The van der Waals surface area contributed by atoms with Crippen molar-refractivity contribution in [3.8, 4) is 16.3 Å². The number of hydrogen-bond acceptors (Lipinski definition) is 4. The Morgan fingerprint density at radius 1 is 1.17 bits per heavy atom. The second-order valence-electron chi connectivity index (χ2n) is 5.35. The normalized spacial score (nSPS) is 10.4. The van der Waals surface area contributed by atoms with Crippen molar-refractivity contribution in [3.63, 3.8) is 0 Å². The van der Waals surface area contributed by atoms with E-state index in [1.807, 2.05) is 55.5 Å². The van der Waals surface area contributed by atoms with Gasteiger partial charge in [-0.2, -0.15) is 0 Å². The summed E-state index contributed by atoms with van der Waals surface area (Å²) in [6.45, 7) is 2.52. The molecule has 4 nitrogen and oxygen atoms in total. The van der Waals surface area contributed by atoms with E-state index in [4.69, 9.17) is 4.74 Å². The molecular weight excluding hydrogens is 320 g/mol. The summed E-state index contributed by atoms with van der Waals surface area (Å²) in [5, 5.41) is 5.47. The molecule has 0 unspecified atom stereocenters. The molecule has 1 N–H and O–H groups in total. The lowest BCUT2D eigenvalue weighted by molar-refractivity contribution is 0.0946. The first-order valence-corrected chi connectivity index (χ1v) is 8.48. The van der Waals surface area contributed by atoms with Gasteiger partial charge in [0.05, 0.1) is 12.7 Å². The lowest BCUT2D eigenvalue weighted by atomic mass is 10.1. The Hall–Kier alpha value is -2.66. The third-order valence-electron chi connectivity index (χ3n) is 3.77. The average molecular weight is 338 g/mol. The van der Waals surface area contributed by atoms with Crippen LogP contribution >= 0.6 is 11.3 Å². The second-order valence-corrected chi connectivity index (χ2v) is 6.21. The lowest BCUT2D eigenvalue weighted by Crippen LogP contribution is -2.23. The van der Waals surface area contributed by atoms with Crippen LogP contribution in [0.4, 0.5) is 0 Å². The molecule has 1 aromatic heterocycles. The number of benzene rings is 2. The maximum absolute atomic E-state index is 12.3. The van der Waals surface area contributed by atoms with Gasteiger partial charge in [-0.3, -0.25) is 4.79 Å². The predicted molar refractivity (Wildman–Crippen MR) is 96.5 cm³/mol. The van der Waals surface area contributed by atoms with E-state index in [0.717, 1.165) is 27.4 Å². The van der Waals surface area contributed by atoms with Crippen molar-refractivity contribution in [2.24, 2.45) is 0 Å². The summed E-state index contributed by atoms with van der Waals surface area (Å²) in [5.41, 5.74) is 3.58. The smallest absolute Gasteiger partial charge is 0.271 e. The van der Waals surface area contributed by atoms with Crippen LogP contribution in [0.1, 0.15) is 21.6 Å². The van der Waals surface area contributed by atoms with Crippen LogP contribution in [-0.4, -0.2) is 18.0 Å². The molecule has 0 saturated carbocycles. The molecule has 24 heavy (non-hydrogen) atoms. The van der Waals surface area contributed by atoms with Gasteiger partial charge in [0.25, 0.3) is 5.91 Å². The van der Waals surface area contributed by atoms with Crippen molar-refractivity contribution in [2.75, 3.05) is 7.11 Å². The van der Waals surface area contributed by atoms with Gasteiger partial charge < -0.3 is 10.1 Å². The van der Waals surface area contributed by atoms with Crippen LogP contribution in [0.2, 0.25) is 0 Å². The minimum Gasteiger partial charge on any atom is -0.496 e. The van der Waals surface area contributed by atoms with Crippen LogP contribution in [-0.2, 0) is 6.54 Å². The largest absolute Gasteiger partial charge is 0.496 e. The van der Waals surface area contributed by atoms with Crippen LogP contribution in [0, 0.1) is 6.92 Å². The maximum Gasteiger partial charge on any atom is 0.271 e. The Labute approximate surface area is 145 Å². The number of aromatic nitrogens is 1. The molecule has 0 radical (unpaired) electrons. The number of thiazole rings is 1. The lowest BCUT2D eigenvalue weighted by Gasteiger charge is -2.06. The Kier molecular flexibility index (Phi) is 4.91. The minimum atomic E-state index is -0.171. The summed E-state index contributed by atoms with van der Waals surface area (Å²) in [5.74, 6) is 0.578. The molecule has 0 spiro atoms. The van der Waals surface area contributed by atoms with E-state index in [1.165, 1.54) is 11.3 Å². The van der Waals surface area contributed by atoms with E-state index < -0.39 is 0 Å². The van der Waals surface area contributed by atoms with E-state index in [2.05, 4.69) is 10.3 Å². The molecular formula is C19H18N2O2S. The standard InChI is InChI=1S/C19H18N2O2S/c1-13-7-3-4-8-14(13)11-20-18(22)16-12-24-19(21-16)15-9-5-6-10-17(15)23-2/h3-10,12H,11H2,1-2H3,(H,20,22). The van der Waals surface area contributed by atoms with Gasteiger partial charge in [-0.25, -0.2) is 4.98 Å². The quantitative estimate of drug-likeness (QED) is 0.763. The Balaban J connectivity index is 1.73. The summed E-state index contributed by atoms with van der Waals surface area (Å²) in [6.07, 6.45) is 0. The Morgan fingerprint density at radius 2 is 1.92 bits per heavy atom. The molecule has 0 bridgehead atoms. The fourth-order valence-electron chi connectivity index (χ4n) is 2.40. The third kappa shape index (κ3) is 3.46. The van der Waals surface area contributed by atoms with Gasteiger partial charge in [-0.1, -0.05) is 36.4 Å². The molecule has 3 aromatic rings. The Bertz CT molecular complexity index is 858. The summed E-state index contributed by atoms with van der Waals surface area (Å²) in [7, 11) is 1.63. The van der Waals surface area contributed by atoms with Crippen LogP contribution in [0.25, 0.3) is 10.6 Å². The van der Waals surface area contributed by atoms with E-state index in [1.54, 1.807) is 12.5 Å². The van der Waals surface area contributed by atoms with Gasteiger partial charge in [0.15, 0.2) is 0 Å². The highest BCUT2D eigenvalue weighted by atomic mass is 32.1. The van der Waals surface area contributed by atoms with Crippen LogP contribution in [0.3, 0.4) is 0 Å². The molecule has 0 aliphatic heterocycles. The predicted octanol–water partition coefficient (Wildman–Crippen LogP) is 4.06. The first-order valence-electron chi connectivity index (χ1n) is 7.60. The zero-order valence-electron chi connectivity index (χ0n) is 13.6. The molecule has 122 valence electrons. The van der Waals surface area contributed by atoms with Gasteiger partial charge in [-0.15, -0.1) is 11.3 Å². The van der Waals surface area contributed by atoms with E-state index >= 15 is 0 Å². The first kappa shape index (κ1) is 16.2. The van der Waals surface area contributed by atoms with E-state index in [9.17, 15) is 4.79 Å². The van der Waals surface area contributed by atoms with Gasteiger partial charge in [0.1, 0.15) is 16.5 Å². The zero-order valence-corrected chi connectivity index (χ0v) is 14.4. The number of hydrogen-bond donors (Lipinski definition) is 1. The SMILES string of the molecule is COc1ccccc1-c1nc(C(=O)NCc2ccccc2C)cs1. The maximum atomic E-state index is 12.3. The molecule has 5 heteroatoms. The first-order chi connectivity index (χ1) is 11.7. The van der Waals surface area contributed by atoms with Gasteiger partial charge >= 0.3 is 0 Å². The number of aryl methyl sites for hydroxylation is 1. The highest BCUT2D eigenvalue weighted by molar-refractivity contribution is 7.13. The minimum absolute atomic E-state index is 0.171. The molecule has 3 rings (SSSR count). The summed E-state index contributed by atoms with van der Waals surface area (Å²) in [6, 6.07) is 15.7. The van der Waals surface area contributed by atoms with Crippen molar-refractivity contribution in [1.29, 1.82) is 0 Å². The molecule has 0 saturated heterocycles. The van der Waals surface area contributed by atoms with Gasteiger partial charge in [0.2, 0.25) is 0 Å². The fourth-order valence-corrected chi connectivity index (χ4v) is 3.23. The number of methoxy groups -OCH3 is 1. The van der Waals surface area contributed by atoms with Crippen molar-refractivity contribution in [1.82, 2.24) is 10.3 Å². The number of amides is 1. The van der Waals surface area contributed by atoms with Crippen molar-refractivity contribution < 1.29 is 9.53 Å². The van der Waals surface area contributed by atoms with Crippen LogP contribution in [0.15, 0.2) is 53.9 Å². The molecule has 1 amide bonds. The molecule has 0 atom stereocenters. The summed E-state index contributed by atoms with van der Waals surface area (Å²) in [4.78, 5) is 16.8.